The number of aliphatic hydroxyl groups is 1. The van der Waals surface area contributed by atoms with Gasteiger partial charge in [-0.2, -0.15) is 0 Å². The number of likely N-dealkylation sites (tertiary alicyclic amines) is 1. The van der Waals surface area contributed by atoms with E-state index in [1.54, 1.807) is 4.90 Å². The van der Waals surface area contributed by atoms with Crippen LogP contribution in [0.1, 0.15) is 23.7 Å². The Bertz CT molecular complexity index is 458. The molecular formula is C12H13FINO2. The molecule has 0 saturated carbocycles. The SMILES string of the molecule is CCC1(O)CN(C(=O)c2ccc(F)cc2I)C1. The topological polar surface area (TPSA) is 40.5 Å². The molecule has 1 amide bonds. The van der Waals surface area contributed by atoms with Crippen molar-refractivity contribution in [2.45, 2.75) is 18.9 Å². The van der Waals surface area contributed by atoms with Gasteiger partial charge in [-0.3, -0.25) is 4.79 Å². The number of hydrogen-bond donors (Lipinski definition) is 1. The van der Waals surface area contributed by atoms with Crippen molar-refractivity contribution in [1.29, 1.82) is 0 Å². The highest BCUT2D eigenvalue weighted by atomic mass is 127. The smallest absolute Gasteiger partial charge is 0.255 e. The average Bonchev–Trinajstić information content (AvgIpc) is 2.24. The van der Waals surface area contributed by atoms with E-state index in [4.69, 9.17) is 0 Å². The molecule has 0 aromatic heterocycles. The summed E-state index contributed by atoms with van der Waals surface area (Å²) in [5.41, 5.74) is -0.244. The Morgan fingerprint density at radius 1 is 1.59 bits per heavy atom. The van der Waals surface area contributed by atoms with Gasteiger partial charge in [0.15, 0.2) is 0 Å². The third-order valence-corrected chi connectivity index (χ3v) is 3.97. The summed E-state index contributed by atoms with van der Waals surface area (Å²) in [5, 5.41) is 9.84. The lowest BCUT2D eigenvalue weighted by atomic mass is 9.90. The van der Waals surface area contributed by atoms with Gasteiger partial charge in [0.2, 0.25) is 0 Å². The summed E-state index contributed by atoms with van der Waals surface area (Å²) in [7, 11) is 0. The lowest BCUT2D eigenvalue weighted by Gasteiger charge is -2.46. The van der Waals surface area contributed by atoms with Gasteiger partial charge < -0.3 is 10.0 Å². The largest absolute Gasteiger partial charge is 0.386 e. The summed E-state index contributed by atoms with van der Waals surface area (Å²) < 4.78 is 13.5. The van der Waals surface area contributed by atoms with Crippen molar-refractivity contribution in [2.75, 3.05) is 13.1 Å². The van der Waals surface area contributed by atoms with Crippen molar-refractivity contribution in [3.8, 4) is 0 Å². The molecule has 0 unspecified atom stereocenters. The molecule has 0 radical (unpaired) electrons. The van der Waals surface area contributed by atoms with E-state index in [9.17, 15) is 14.3 Å². The molecule has 1 aromatic carbocycles. The number of benzene rings is 1. The molecule has 1 aliphatic heterocycles. The van der Waals surface area contributed by atoms with Crippen LogP contribution in [0, 0.1) is 9.39 Å². The molecule has 1 N–H and O–H groups in total. The number of nitrogens with zero attached hydrogens (tertiary/aromatic N) is 1. The summed E-state index contributed by atoms with van der Waals surface area (Å²) >= 11 is 1.94. The third-order valence-electron chi connectivity index (χ3n) is 3.08. The van der Waals surface area contributed by atoms with Gasteiger partial charge in [0.25, 0.3) is 5.91 Å². The monoisotopic (exact) mass is 349 g/mol. The lowest BCUT2D eigenvalue weighted by Crippen LogP contribution is -2.63. The quantitative estimate of drug-likeness (QED) is 0.831. The van der Waals surface area contributed by atoms with Crippen LogP contribution in [0.4, 0.5) is 4.39 Å². The standard InChI is InChI=1S/C12H13FINO2/c1-2-12(17)6-15(7-12)11(16)9-4-3-8(13)5-10(9)14/h3-5,17H,2,6-7H2,1H3. The predicted octanol–water partition coefficient (Wildman–Crippen LogP) is 2.03. The van der Waals surface area contributed by atoms with Crippen LogP contribution in [0.3, 0.4) is 0 Å². The molecule has 1 saturated heterocycles. The summed E-state index contributed by atoms with van der Waals surface area (Å²) in [6.07, 6.45) is 0.636. The normalized spacial score (nSPS) is 17.8. The molecule has 2 rings (SSSR count). The van der Waals surface area contributed by atoms with Gasteiger partial charge in [-0.1, -0.05) is 6.92 Å². The van der Waals surface area contributed by atoms with E-state index < -0.39 is 5.60 Å². The van der Waals surface area contributed by atoms with Crippen molar-refractivity contribution in [2.24, 2.45) is 0 Å². The molecule has 1 heterocycles. The molecule has 92 valence electrons. The summed E-state index contributed by atoms with van der Waals surface area (Å²) in [4.78, 5) is 13.6. The minimum absolute atomic E-state index is 0.146. The molecule has 0 spiro atoms. The Morgan fingerprint density at radius 3 is 2.76 bits per heavy atom. The van der Waals surface area contributed by atoms with Crippen LogP contribution in [0.5, 0.6) is 0 Å². The van der Waals surface area contributed by atoms with Gasteiger partial charge in [0.1, 0.15) is 5.82 Å². The first-order valence-electron chi connectivity index (χ1n) is 5.42. The maximum absolute atomic E-state index is 12.9. The van der Waals surface area contributed by atoms with Crippen molar-refractivity contribution in [3.05, 3.63) is 33.1 Å². The Kier molecular flexibility index (Phi) is 3.40. The third kappa shape index (κ3) is 2.44. The second-order valence-electron chi connectivity index (χ2n) is 4.36. The average molecular weight is 349 g/mol. The number of carbonyl (C=O) groups is 1. The molecule has 5 heteroatoms. The molecular weight excluding hydrogens is 336 g/mol. The number of hydrogen-bond acceptors (Lipinski definition) is 2. The van der Waals surface area contributed by atoms with Gasteiger partial charge in [-0.05, 0) is 47.2 Å². The number of rotatable bonds is 2. The Labute approximate surface area is 113 Å². The molecule has 0 atom stereocenters. The molecule has 0 aliphatic carbocycles. The van der Waals surface area contributed by atoms with Crippen molar-refractivity contribution in [1.82, 2.24) is 4.90 Å². The van der Waals surface area contributed by atoms with Crippen molar-refractivity contribution < 1.29 is 14.3 Å². The lowest BCUT2D eigenvalue weighted by molar-refractivity contribution is -0.0826. The molecule has 17 heavy (non-hydrogen) atoms. The summed E-state index contributed by atoms with van der Waals surface area (Å²) in [6.45, 7) is 2.61. The van der Waals surface area contributed by atoms with E-state index in [0.29, 0.717) is 28.6 Å². The first-order chi connectivity index (χ1) is 7.95. The van der Waals surface area contributed by atoms with E-state index in [1.165, 1.54) is 18.2 Å². The first-order valence-corrected chi connectivity index (χ1v) is 6.50. The van der Waals surface area contributed by atoms with Crippen LogP contribution in [-0.2, 0) is 0 Å². The maximum atomic E-state index is 12.9. The van der Waals surface area contributed by atoms with E-state index >= 15 is 0 Å². The predicted molar refractivity (Wildman–Crippen MR) is 70.3 cm³/mol. The van der Waals surface area contributed by atoms with E-state index in [-0.39, 0.29) is 11.7 Å². The maximum Gasteiger partial charge on any atom is 0.255 e. The summed E-state index contributed by atoms with van der Waals surface area (Å²) in [6, 6.07) is 4.10. The van der Waals surface area contributed by atoms with Gasteiger partial charge in [0, 0.05) is 3.57 Å². The van der Waals surface area contributed by atoms with Crippen LogP contribution >= 0.6 is 22.6 Å². The van der Waals surface area contributed by atoms with Crippen molar-refractivity contribution in [3.63, 3.8) is 0 Å². The Hall–Kier alpha value is -0.690. The fourth-order valence-electron chi connectivity index (χ4n) is 1.86. The van der Waals surface area contributed by atoms with Gasteiger partial charge in [-0.15, -0.1) is 0 Å². The molecule has 1 aromatic rings. The van der Waals surface area contributed by atoms with Gasteiger partial charge >= 0.3 is 0 Å². The number of β-amino-alcohol motifs (C(OH)–C–C–N with tert-alkyl or cyclic N) is 1. The number of amides is 1. The fourth-order valence-corrected chi connectivity index (χ4v) is 2.57. The first kappa shape index (κ1) is 12.8. The molecule has 1 fully saturated rings. The molecule has 3 nitrogen and oxygen atoms in total. The zero-order valence-electron chi connectivity index (χ0n) is 9.41. The molecule has 0 bridgehead atoms. The van der Waals surface area contributed by atoms with Crippen LogP contribution in [0.15, 0.2) is 18.2 Å². The minimum atomic E-state index is -0.735. The minimum Gasteiger partial charge on any atom is -0.386 e. The summed E-state index contributed by atoms with van der Waals surface area (Å²) in [5.74, 6) is -0.493. The van der Waals surface area contributed by atoms with Crippen LogP contribution in [-0.4, -0.2) is 34.6 Å². The zero-order valence-corrected chi connectivity index (χ0v) is 11.6. The second kappa shape index (κ2) is 4.53. The van der Waals surface area contributed by atoms with Crippen LogP contribution in [0.2, 0.25) is 0 Å². The second-order valence-corrected chi connectivity index (χ2v) is 5.53. The Morgan fingerprint density at radius 2 is 2.24 bits per heavy atom. The highest BCUT2D eigenvalue weighted by Crippen LogP contribution is 2.27. The fraction of sp³-hybridized carbons (Fsp3) is 0.417. The van der Waals surface area contributed by atoms with E-state index in [1.807, 2.05) is 29.5 Å². The van der Waals surface area contributed by atoms with Crippen molar-refractivity contribution >= 4 is 28.5 Å². The number of halogens is 2. The van der Waals surface area contributed by atoms with Gasteiger partial charge in [-0.25, -0.2) is 4.39 Å². The van der Waals surface area contributed by atoms with Crippen LogP contribution in [0.25, 0.3) is 0 Å². The van der Waals surface area contributed by atoms with E-state index in [2.05, 4.69) is 0 Å². The highest BCUT2D eigenvalue weighted by Gasteiger charge is 2.42. The van der Waals surface area contributed by atoms with Crippen LogP contribution < -0.4 is 0 Å². The van der Waals surface area contributed by atoms with Gasteiger partial charge in [0.05, 0.1) is 24.3 Å². The zero-order chi connectivity index (χ0) is 12.6. The number of carbonyl (C=O) groups excluding carboxylic acids is 1. The Balaban J connectivity index is 2.12. The highest BCUT2D eigenvalue weighted by molar-refractivity contribution is 14.1. The molecule has 1 aliphatic rings. The van der Waals surface area contributed by atoms with E-state index in [0.717, 1.165) is 0 Å².